The molecule has 2 atom stereocenters. The molecule has 0 saturated carbocycles. The number of aryl methyl sites for hydroxylation is 1. The van der Waals surface area contributed by atoms with Crippen molar-refractivity contribution in [3.8, 4) is 16.9 Å². The fraction of sp³-hybridized carbons (Fsp3) is 0.320. The number of carbonyl (C=O) groups excluding carboxylic acids is 2. The van der Waals surface area contributed by atoms with E-state index in [4.69, 9.17) is 5.73 Å². The molecule has 1 saturated heterocycles. The zero-order chi connectivity index (χ0) is 22.7. The van der Waals surface area contributed by atoms with E-state index in [9.17, 15) is 9.59 Å². The summed E-state index contributed by atoms with van der Waals surface area (Å²) < 4.78 is 2.10. The first-order chi connectivity index (χ1) is 15.4. The molecule has 2 aromatic carbocycles. The summed E-state index contributed by atoms with van der Waals surface area (Å²) in [5.74, 6) is -0.574. The lowest BCUT2D eigenvalue weighted by atomic mass is 9.97. The lowest BCUT2D eigenvalue weighted by molar-refractivity contribution is -0.134. The molecule has 1 aromatic heterocycles. The Labute approximate surface area is 192 Å². The van der Waals surface area contributed by atoms with Crippen LogP contribution in [0.3, 0.4) is 0 Å². The molecule has 7 heteroatoms. The fourth-order valence-corrected chi connectivity index (χ4v) is 5.04. The second-order valence-corrected chi connectivity index (χ2v) is 9.56. The third kappa shape index (κ3) is 4.72. The number of rotatable bonds is 6. The first-order valence-electron chi connectivity index (χ1n) is 10.9. The summed E-state index contributed by atoms with van der Waals surface area (Å²) in [6.45, 7) is 5.03. The zero-order valence-electron chi connectivity index (χ0n) is 18.4. The van der Waals surface area contributed by atoms with Crippen LogP contribution in [-0.2, 0) is 9.59 Å². The number of hydrogen-bond acceptors (Lipinski definition) is 4. The number of aromatic nitrogens is 2. The molecule has 1 aliphatic heterocycles. The van der Waals surface area contributed by atoms with Gasteiger partial charge in [-0.25, -0.2) is 4.98 Å². The maximum Gasteiger partial charge on any atom is 0.235 e. The van der Waals surface area contributed by atoms with Crippen molar-refractivity contribution in [1.29, 1.82) is 0 Å². The van der Waals surface area contributed by atoms with Gasteiger partial charge < -0.3 is 10.6 Å². The van der Waals surface area contributed by atoms with Gasteiger partial charge in [-0.05, 0) is 38.8 Å². The van der Waals surface area contributed by atoms with Crippen molar-refractivity contribution < 1.29 is 9.59 Å². The molecule has 2 amide bonds. The Morgan fingerprint density at radius 1 is 1.12 bits per heavy atom. The van der Waals surface area contributed by atoms with Crippen molar-refractivity contribution >= 4 is 23.6 Å². The van der Waals surface area contributed by atoms with Crippen LogP contribution in [-0.4, -0.2) is 44.6 Å². The Morgan fingerprint density at radius 2 is 1.84 bits per heavy atom. The minimum Gasteiger partial charge on any atom is -0.369 e. The summed E-state index contributed by atoms with van der Waals surface area (Å²) in [6.07, 6.45) is 3.41. The Hall–Kier alpha value is -3.06. The number of nitrogens with zero attached hydrogens (tertiary/aromatic N) is 3. The highest BCUT2D eigenvalue weighted by Crippen LogP contribution is 2.33. The number of amides is 2. The van der Waals surface area contributed by atoms with Crippen molar-refractivity contribution in [2.75, 3.05) is 13.1 Å². The van der Waals surface area contributed by atoms with Gasteiger partial charge in [0.2, 0.25) is 11.8 Å². The SMILES string of the molecule is Cc1ccc(-n2c(-c3ccccc3)cnc2SC(C)C(=O)N2CCCC(C(N)=O)C2)cc1. The van der Waals surface area contributed by atoms with E-state index in [0.717, 1.165) is 34.9 Å². The van der Waals surface area contributed by atoms with Crippen molar-refractivity contribution in [3.63, 3.8) is 0 Å². The molecule has 166 valence electrons. The highest BCUT2D eigenvalue weighted by atomic mass is 32.2. The van der Waals surface area contributed by atoms with E-state index in [-0.39, 0.29) is 23.0 Å². The van der Waals surface area contributed by atoms with E-state index in [2.05, 4.69) is 52.9 Å². The van der Waals surface area contributed by atoms with Gasteiger partial charge in [0.15, 0.2) is 5.16 Å². The standard InChI is InChI=1S/C25H28N4O2S/c1-17-10-12-21(13-11-17)29-22(19-7-4-3-5-8-19)15-27-25(29)32-18(2)24(31)28-14-6-9-20(16-28)23(26)30/h3-5,7-8,10-13,15,18,20H,6,9,14,16H2,1-2H3,(H2,26,30). The summed E-state index contributed by atoms with van der Waals surface area (Å²) in [7, 11) is 0. The van der Waals surface area contributed by atoms with Crippen molar-refractivity contribution in [1.82, 2.24) is 14.5 Å². The number of primary amides is 1. The average Bonchev–Trinajstić information content (AvgIpc) is 3.23. The molecular formula is C25H28N4O2S. The zero-order valence-corrected chi connectivity index (χ0v) is 19.2. The summed E-state index contributed by atoms with van der Waals surface area (Å²) in [5, 5.41) is 0.425. The van der Waals surface area contributed by atoms with Gasteiger partial charge >= 0.3 is 0 Å². The molecule has 0 aliphatic carbocycles. The number of benzene rings is 2. The van der Waals surface area contributed by atoms with Crippen LogP contribution < -0.4 is 5.73 Å². The molecule has 6 nitrogen and oxygen atoms in total. The topological polar surface area (TPSA) is 81.2 Å². The molecule has 0 bridgehead atoms. The summed E-state index contributed by atoms with van der Waals surface area (Å²) in [6, 6.07) is 18.4. The third-order valence-electron chi connectivity index (χ3n) is 5.86. The number of likely N-dealkylation sites (tertiary alicyclic amines) is 1. The smallest absolute Gasteiger partial charge is 0.235 e. The van der Waals surface area contributed by atoms with E-state index in [1.54, 1.807) is 4.90 Å². The molecule has 32 heavy (non-hydrogen) atoms. The highest BCUT2D eigenvalue weighted by molar-refractivity contribution is 8.00. The van der Waals surface area contributed by atoms with Crippen LogP contribution >= 0.6 is 11.8 Å². The van der Waals surface area contributed by atoms with Crippen LogP contribution in [0, 0.1) is 12.8 Å². The molecule has 0 radical (unpaired) electrons. The second-order valence-electron chi connectivity index (χ2n) is 8.25. The predicted octanol–water partition coefficient (Wildman–Crippen LogP) is 4.05. The van der Waals surface area contributed by atoms with Crippen LogP contribution in [0.1, 0.15) is 25.3 Å². The first kappa shape index (κ1) is 22.1. The fourth-order valence-electron chi connectivity index (χ4n) is 4.05. The largest absolute Gasteiger partial charge is 0.369 e. The third-order valence-corrected chi connectivity index (χ3v) is 6.91. The molecule has 0 spiro atoms. The van der Waals surface area contributed by atoms with Crippen molar-refractivity contribution in [3.05, 3.63) is 66.4 Å². The summed E-state index contributed by atoms with van der Waals surface area (Å²) >= 11 is 1.44. The van der Waals surface area contributed by atoms with E-state index in [1.165, 1.54) is 17.3 Å². The molecular weight excluding hydrogens is 420 g/mol. The van der Waals surface area contributed by atoms with Gasteiger partial charge in [-0.2, -0.15) is 0 Å². The monoisotopic (exact) mass is 448 g/mol. The van der Waals surface area contributed by atoms with Gasteiger partial charge in [0.25, 0.3) is 0 Å². The van der Waals surface area contributed by atoms with Gasteiger partial charge in [-0.15, -0.1) is 0 Å². The number of piperidine rings is 1. The number of hydrogen-bond donors (Lipinski definition) is 1. The van der Waals surface area contributed by atoms with E-state index in [0.29, 0.717) is 13.1 Å². The highest BCUT2D eigenvalue weighted by Gasteiger charge is 2.30. The molecule has 4 rings (SSSR count). The van der Waals surface area contributed by atoms with Gasteiger partial charge in [-0.3, -0.25) is 14.2 Å². The molecule has 1 fully saturated rings. The van der Waals surface area contributed by atoms with E-state index in [1.807, 2.05) is 31.3 Å². The normalized spacial score (nSPS) is 17.2. The van der Waals surface area contributed by atoms with Crippen LogP contribution in [0.15, 0.2) is 66.0 Å². The molecule has 2 N–H and O–H groups in total. The quantitative estimate of drug-likeness (QED) is 0.577. The van der Waals surface area contributed by atoms with Crippen molar-refractivity contribution in [2.45, 2.75) is 37.1 Å². The Balaban J connectivity index is 1.62. The van der Waals surface area contributed by atoms with Gasteiger partial charge in [0.05, 0.1) is 23.1 Å². The summed E-state index contributed by atoms with van der Waals surface area (Å²) in [4.78, 5) is 31.2. The number of nitrogens with two attached hydrogens (primary N) is 1. The van der Waals surface area contributed by atoms with Crippen molar-refractivity contribution in [2.24, 2.45) is 11.7 Å². The number of thioether (sulfide) groups is 1. The lowest BCUT2D eigenvalue weighted by Gasteiger charge is -2.32. The number of carbonyl (C=O) groups is 2. The van der Waals surface area contributed by atoms with Crippen LogP contribution in [0.4, 0.5) is 0 Å². The van der Waals surface area contributed by atoms with Gasteiger partial charge in [-0.1, -0.05) is 59.8 Å². The molecule has 2 unspecified atom stereocenters. The van der Waals surface area contributed by atoms with Crippen LogP contribution in [0.25, 0.3) is 16.9 Å². The summed E-state index contributed by atoms with van der Waals surface area (Å²) in [5.41, 5.74) is 9.71. The molecule has 2 heterocycles. The predicted molar refractivity (Wildman–Crippen MR) is 128 cm³/mol. The van der Waals surface area contributed by atoms with Crippen LogP contribution in [0.2, 0.25) is 0 Å². The van der Waals surface area contributed by atoms with Gasteiger partial charge in [0, 0.05) is 24.3 Å². The van der Waals surface area contributed by atoms with Gasteiger partial charge in [0.1, 0.15) is 0 Å². The Kier molecular flexibility index (Phi) is 6.65. The average molecular weight is 449 g/mol. The number of imidazole rings is 1. The molecule has 1 aliphatic rings. The maximum atomic E-state index is 13.2. The minimum absolute atomic E-state index is 0.0145. The minimum atomic E-state index is -0.336. The van der Waals surface area contributed by atoms with E-state index >= 15 is 0 Å². The molecule has 3 aromatic rings. The Morgan fingerprint density at radius 3 is 2.53 bits per heavy atom. The van der Waals surface area contributed by atoms with E-state index < -0.39 is 0 Å². The van der Waals surface area contributed by atoms with Crippen LogP contribution in [0.5, 0.6) is 0 Å². The first-order valence-corrected chi connectivity index (χ1v) is 11.8. The Bertz CT molecular complexity index is 1090. The maximum absolute atomic E-state index is 13.2. The lowest BCUT2D eigenvalue weighted by Crippen LogP contribution is -2.46. The second kappa shape index (κ2) is 9.61.